The van der Waals surface area contributed by atoms with Gasteiger partial charge in [-0.15, -0.1) is 0 Å². The second-order valence-corrected chi connectivity index (χ2v) is 9.37. The standard InChI is InChI=1S/C20H20BrClN2S/c21-16-4-5-18-15(11-16)12-20(6-8-25-9-7-20)19(24-18)23-13-14-2-1-3-17(22)10-14/h1-5,10-11H,6-9,12-13H2,(H,23,24). The lowest BCUT2D eigenvalue weighted by atomic mass is 9.73. The molecule has 0 bridgehead atoms. The second-order valence-electron chi connectivity index (χ2n) is 6.79. The van der Waals surface area contributed by atoms with Crippen molar-refractivity contribution in [3.8, 4) is 0 Å². The summed E-state index contributed by atoms with van der Waals surface area (Å²) in [5.41, 5.74) is 3.89. The molecule has 0 unspecified atom stereocenters. The van der Waals surface area contributed by atoms with Crippen LogP contribution in [-0.2, 0) is 13.0 Å². The van der Waals surface area contributed by atoms with E-state index in [1.54, 1.807) is 0 Å². The van der Waals surface area contributed by atoms with Gasteiger partial charge in [0.05, 0.1) is 6.54 Å². The molecular weight excluding hydrogens is 416 g/mol. The summed E-state index contributed by atoms with van der Waals surface area (Å²) < 4.78 is 1.15. The third kappa shape index (κ3) is 3.76. The number of anilines is 1. The van der Waals surface area contributed by atoms with Gasteiger partial charge in [0.25, 0.3) is 0 Å². The summed E-state index contributed by atoms with van der Waals surface area (Å²) in [6.07, 6.45) is 3.44. The van der Waals surface area contributed by atoms with Crippen molar-refractivity contribution < 1.29 is 0 Å². The Morgan fingerprint density at radius 1 is 1.16 bits per heavy atom. The zero-order chi connectivity index (χ0) is 17.3. The largest absolute Gasteiger partial charge is 0.343 e. The highest BCUT2D eigenvalue weighted by Gasteiger charge is 2.41. The number of hydrogen-bond donors (Lipinski definition) is 1. The molecule has 130 valence electrons. The van der Waals surface area contributed by atoms with E-state index in [0.29, 0.717) is 6.54 Å². The molecule has 5 heteroatoms. The van der Waals surface area contributed by atoms with Crippen LogP contribution in [0.5, 0.6) is 0 Å². The van der Waals surface area contributed by atoms with Crippen molar-refractivity contribution in [2.24, 2.45) is 10.4 Å². The molecule has 0 aromatic heterocycles. The van der Waals surface area contributed by atoms with Crippen molar-refractivity contribution in [1.82, 2.24) is 0 Å². The fraction of sp³-hybridized carbons (Fsp3) is 0.350. The Morgan fingerprint density at radius 2 is 2.00 bits per heavy atom. The molecule has 25 heavy (non-hydrogen) atoms. The molecule has 1 spiro atoms. The third-order valence-corrected chi connectivity index (χ3v) is 6.82. The van der Waals surface area contributed by atoms with Crippen LogP contribution < -0.4 is 5.32 Å². The Morgan fingerprint density at radius 3 is 2.80 bits per heavy atom. The summed E-state index contributed by atoms with van der Waals surface area (Å²) in [6, 6.07) is 14.5. The lowest BCUT2D eigenvalue weighted by Crippen LogP contribution is -2.44. The number of nitrogens with one attached hydrogen (secondary N) is 1. The van der Waals surface area contributed by atoms with Gasteiger partial charge in [-0.1, -0.05) is 39.7 Å². The van der Waals surface area contributed by atoms with E-state index < -0.39 is 0 Å². The van der Waals surface area contributed by atoms with E-state index in [9.17, 15) is 0 Å². The molecule has 1 N–H and O–H groups in total. The van der Waals surface area contributed by atoms with Gasteiger partial charge in [0.15, 0.2) is 0 Å². The predicted octanol–water partition coefficient (Wildman–Crippen LogP) is 6.18. The fourth-order valence-corrected chi connectivity index (χ4v) is 5.62. The van der Waals surface area contributed by atoms with Crippen LogP contribution in [0.3, 0.4) is 0 Å². The van der Waals surface area contributed by atoms with Crippen LogP contribution >= 0.6 is 39.3 Å². The highest BCUT2D eigenvalue weighted by atomic mass is 79.9. The molecule has 2 heterocycles. The summed E-state index contributed by atoms with van der Waals surface area (Å²) in [5.74, 6) is 3.57. The number of benzene rings is 2. The summed E-state index contributed by atoms with van der Waals surface area (Å²) in [6.45, 7) is 0.670. The maximum atomic E-state index is 6.12. The number of fused-ring (bicyclic) bond motifs is 1. The van der Waals surface area contributed by atoms with E-state index in [4.69, 9.17) is 16.6 Å². The number of nitrogens with zero attached hydrogens (tertiary/aromatic N) is 1. The maximum Gasteiger partial charge on any atom is 0.108 e. The van der Waals surface area contributed by atoms with E-state index in [1.165, 1.54) is 35.6 Å². The molecule has 0 saturated carbocycles. The molecule has 1 fully saturated rings. The number of amidine groups is 1. The molecule has 2 nitrogen and oxygen atoms in total. The minimum absolute atomic E-state index is 0.150. The number of thioether (sulfide) groups is 1. The van der Waals surface area contributed by atoms with Crippen molar-refractivity contribution in [2.45, 2.75) is 25.8 Å². The normalized spacial score (nSPS) is 20.3. The molecule has 0 atom stereocenters. The zero-order valence-electron chi connectivity index (χ0n) is 13.9. The van der Waals surface area contributed by atoms with Gasteiger partial charge in [-0.3, -0.25) is 4.99 Å². The van der Waals surface area contributed by atoms with Crippen molar-refractivity contribution >= 4 is 50.8 Å². The molecule has 2 aromatic carbocycles. The SMILES string of the molecule is Clc1cccc(CN=C2Nc3ccc(Br)cc3CC23CCSCC3)c1. The van der Waals surface area contributed by atoms with Gasteiger partial charge >= 0.3 is 0 Å². The second kappa shape index (κ2) is 7.34. The summed E-state index contributed by atoms with van der Waals surface area (Å²) in [7, 11) is 0. The third-order valence-electron chi connectivity index (χ3n) is 5.11. The molecule has 2 aromatic rings. The molecule has 4 rings (SSSR count). The molecular formula is C20H20BrClN2S. The van der Waals surface area contributed by atoms with Gasteiger partial charge in [-0.2, -0.15) is 11.8 Å². The number of hydrogen-bond acceptors (Lipinski definition) is 2. The van der Waals surface area contributed by atoms with Crippen molar-refractivity contribution in [2.75, 3.05) is 16.8 Å². The number of halogens is 2. The summed E-state index contributed by atoms with van der Waals surface area (Å²) in [5, 5.41) is 4.43. The van der Waals surface area contributed by atoms with E-state index in [1.807, 2.05) is 18.2 Å². The van der Waals surface area contributed by atoms with Crippen LogP contribution in [0.15, 0.2) is 51.9 Å². The van der Waals surface area contributed by atoms with E-state index >= 15 is 0 Å². The van der Waals surface area contributed by atoms with Gasteiger partial charge in [0, 0.05) is 20.6 Å². The topological polar surface area (TPSA) is 24.4 Å². The monoisotopic (exact) mass is 434 g/mol. The summed E-state index contributed by atoms with van der Waals surface area (Å²) >= 11 is 11.8. The smallest absolute Gasteiger partial charge is 0.108 e. The van der Waals surface area contributed by atoms with Crippen molar-refractivity contribution in [3.63, 3.8) is 0 Å². The van der Waals surface area contributed by atoms with Gasteiger partial charge in [0.2, 0.25) is 0 Å². The van der Waals surface area contributed by atoms with Crippen LogP contribution in [-0.4, -0.2) is 17.3 Å². The van der Waals surface area contributed by atoms with Gasteiger partial charge < -0.3 is 5.32 Å². The first-order chi connectivity index (χ1) is 12.1. The number of rotatable bonds is 2. The quantitative estimate of drug-likeness (QED) is 0.609. The molecule has 0 radical (unpaired) electrons. The summed E-state index contributed by atoms with van der Waals surface area (Å²) in [4.78, 5) is 5.02. The van der Waals surface area contributed by atoms with Gasteiger partial charge in [-0.05, 0) is 72.2 Å². The van der Waals surface area contributed by atoms with Crippen LogP contribution in [0.25, 0.3) is 0 Å². The predicted molar refractivity (Wildman–Crippen MR) is 113 cm³/mol. The molecule has 0 aliphatic carbocycles. The minimum atomic E-state index is 0.150. The van der Waals surface area contributed by atoms with Gasteiger partial charge in [-0.25, -0.2) is 0 Å². The highest BCUT2D eigenvalue weighted by molar-refractivity contribution is 9.10. The van der Waals surface area contributed by atoms with Crippen molar-refractivity contribution in [1.29, 1.82) is 0 Å². The lowest BCUT2D eigenvalue weighted by molar-refractivity contribution is 0.377. The van der Waals surface area contributed by atoms with Crippen LogP contribution in [0, 0.1) is 5.41 Å². The van der Waals surface area contributed by atoms with E-state index in [0.717, 1.165) is 27.3 Å². The first-order valence-electron chi connectivity index (χ1n) is 8.57. The Labute approximate surface area is 166 Å². The van der Waals surface area contributed by atoms with Crippen LogP contribution in [0.4, 0.5) is 5.69 Å². The van der Waals surface area contributed by atoms with E-state index in [2.05, 4.69) is 57.3 Å². The lowest BCUT2D eigenvalue weighted by Gasteiger charge is -2.42. The Kier molecular flexibility index (Phi) is 5.12. The molecule has 2 aliphatic heterocycles. The Hall–Kier alpha value is -0.970. The highest BCUT2D eigenvalue weighted by Crippen LogP contribution is 2.44. The average Bonchev–Trinajstić information content (AvgIpc) is 2.61. The first-order valence-corrected chi connectivity index (χ1v) is 10.9. The average molecular weight is 436 g/mol. The molecule has 2 aliphatic rings. The fourth-order valence-electron chi connectivity index (χ4n) is 3.73. The molecule has 0 amide bonds. The maximum absolute atomic E-state index is 6.12. The first kappa shape index (κ1) is 17.4. The Balaban J connectivity index is 1.68. The van der Waals surface area contributed by atoms with Crippen LogP contribution in [0.2, 0.25) is 5.02 Å². The van der Waals surface area contributed by atoms with Crippen molar-refractivity contribution in [3.05, 3.63) is 63.1 Å². The Bertz CT molecular complexity index is 815. The van der Waals surface area contributed by atoms with Gasteiger partial charge in [0.1, 0.15) is 5.84 Å². The van der Waals surface area contributed by atoms with Crippen LogP contribution in [0.1, 0.15) is 24.0 Å². The zero-order valence-corrected chi connectivity index (χ0v) is 17.1. The number of aliphatic imine (C=N–C) groups is 1. The molecule has 1 saturated heterocycles. The van der Waals surface area contributed by atoms with E-state index in [-0.39, 0.29) is 5.41 Å². The minimum Gasteiger partial charge on any atom is -0.343 e.